The summed E-state index contributed by atoms with van der Waals surface area (Å²) in [5.41, 5.74) is 8.34. The van der Waals surface area contributed by atoms with E-state index in [0.29, 0.717) is 13.0 Å². The summed E-state index contributed by atoms with van der Waals surface area (Å²) in [6.07, 6.45) is 0.546. The van der Waals surface area contributed by atoms with Crippen molar-refractivity contribution in [3.05, 3.63) is 65.7 Å². The molecule has 0 aromatic heterocycles. The first-order chi connectivity index (χ1) is 12.6. The smallest absolute Gasteiger partial charge is 0.239 e. The fourth-order valence-corrected chi connectivity index (χ4v) is 3.07. The van der Waals surface area contributed by atoms with Crippen LogP contribution in [0.25, 0.3) is 0 Å². The largest absolute Gasteiger partial charge is 0.489 e. The SMILES string of the molecule is CN1CCN(C(=O)[C@@H](N)Cc2ccc(OCc3ccccc3)cc2)CC1. The minimum absolute atomic E-state index is 0.0440. The highest BCUT2D eigenvalue weighted by Crippen LogP contribution is 2.15. The van der Waals surface area contributed by atoms with Crippen molar-refractivity contribution in [3.63, 3.8) is 0 Å². The minimum atomic E-state index is -0.491. The maximum Gasteiger partial charge on any atom is 0.239 e. The predicted octanol–water partition coefficient (Wildman–Crippen LogP) is 1.91. The molecule has 1 heterocycles. The lowest BCUT2D eigenvalue weighted by molar-refractivity contribution is -0.134. The number of amides is 1. The monoisotopic (exact) mass is 353 g/mol. The molecule has 1 aliphatic rings. The topological polar surface area (TPSA) is 58.8 Å². The Morgan fingerprint density at radius 2 is 1.65 bits per heavy atom. The van der Waals surface area contributed by atoms with Gasteiger partial charge in [-0.1, -0.05) is 42.5 Å². The Morgan fingerprint density at radius 1 is 1.00 bits per heavy atom. The molecule has 1 amide bonds. The lowest BCUT2D eigenvalue weighted by atomic mass is 10.0. The molecule has 0 radical (unpaired) electrons. The van der Waals surface area contributed by atoms with Crippen LogP contribution in [0.3, 0.4) is 0 Å². The summed E-state index contributed by atoms with van der Waals surface area (Å²) >= 11 is 0. The maximum absolute atomic E-state index is 12.5. The van der Waals surface area contributed by atoms with Crippen molar-refractivity contribution in [2.45, 2.75) is 19.1 Å². The van der Waals surface area contributed by atoms with Crippen LogP contribution in [0, 0.1) is 0 Å². The number of benzene rings is 2. The molecule has 0 bridgehead atoms. The van der Waals surface area contributed by atoms with E-state index in [9.17, 15) is 4.79 Å². The van der Waals surface area contributed by atoms with Crippen LogP contribution >= 0.6 is 0 Å². The molecule has 2 aromatic rings. The number of likely N-dealkylation sites (N-methyl/N-ethyl adjacent to an activating group) is 1. The molecule has 138 valence electrons. The molecule has 0 aliphatic carbocycles. The molecule has 0 spiro atoms. The van der Waals surface area contributed by atoms with Crippen molar-refractivity contribution in [1.29, 1.82) is 0 Å². The van der Waals surface area contributed by atoms with E-state index in [-0.39, 0.29) is 5.91 Å². The Bertz CT molecular complexity index is 695. The van der Waals surface area contributed by atoms with Crippen molar-refractivity contribution < 1.29 is 9.53 Å². The molecule has 1 aliphatic heterocycles. The van der Waals surface area contributed by atoms with E-state index in [1.54, 1.807) is 0 Å². The van der Waals surface area contributed by atoms with Crippen LogP contribution in [-0.4, -0.2) is 55.0 Å². The normalized spacial score (nSPS) is 16.3. The molecule has 1 saturated heterocycles. The molecule has 5 nitrogen and oxygen atoms in total. The second kappa shape index (κ2) is 8.83. The maximum atomic E-state index is 12.5. The second-order valence-corrected chi connectivity index (χ2v) is 6.86. The summed E-state index contributed by atoms with van der Waals surface area (Å²) in [6, 6.07) is 17.4. The number of carbonyl (C=O) groups is 1. The Hall–Kier alpha value is -2.37. The molecule has 0 unspecified atom stereocenters. The van der Waals surface area contributed by atoms with E-state index in [0.717, 1.165) is 43.1 Å². The predicted molar refractivity (Wildman–Crippen MR) is 103 cm³/mol. The average Bonchev–Trinajstić information content (AvgIpc) is 2.68. The number of nitrogens with zero attached hydrogens (tertiary/aromatic N) is 2. The van der Waals surface area contributed by atoms with E-state index in [1.807, 2.05) is 59.5 Å². The quantitative estimate of drug-likeness (QED) is 0.862. The number of rotatable bonds is 6. The first kappa shape index (κ1) is 18.4. The van der Waals surface area contributed by atoms with Gasteiger partial charge in [0.2, 0.25) is 5.91 Å². The van der Waals surface area contributed by atoms with Gasteiger partial charge in [-0.25, -0.2) is 0 Å². The van der Waals surface area contributed by atoms with Gasteiger partial charge in [-0.05, 0) is 36.7 Å². The molecular formula is C21H27N3O2. The standard InChI is InChI=1S/C21H27N3O2/c1-23-11-13-24(14-12-23)21(25)20(22)15-17-7-9-19(10-8-17)26-16-18-5-3-2-4-6-18/h2-10,20H,11-16,22H2,1H3/t20-/m0/s1. The summed E-state index contributed by atoms with van der Waals surface area (Å²) in [4.78, 5) is 16.6. The van der Waals surface area contributed by atoms with Gasteiger partial charge in [0.05, 0.1) is 6.04 Å². The molecule has 26 heavy (non-hydrogen) atoms. The fraction of sp³-hybridized carbons (Fsp3) is 0.381. The van der Waals surface area contributed by atoms with Crippen molar-refractivity contribution in [3.8, 4) is 5.75 Å². The molecule has 0 saturated carbocycles. The summed E-state index contributed by atoms with van der Waals surface area (Å²) in [5, 5.41) is 0. The van der Waals surface area contributed by atoms with Gasteiger partial charge < -0.3 is 20.3 Å². The lowest BCUT2D eigenvalue weighted by Gasteiger charge is -2.33. The first-order valence-electron chi connectivity index (χ1n) is 9.10. The number of hydrogen-bond acceptors (Lipinski definition) is 4. The molecule has 1 atom stereocenters. The van der Waals surface area contributed by atoms with E-state index in [2.05, 4.69) is 11.9 Å². The van der Waals surface area contributed by atoms with Crippen molar-refractivity contribution >= 4 is 5.91 Å². The highest BCUT2D eigenvalue weighted by molar-refractivity contribution is 5.82. The highest BCUT2D eigenvalue weighted by Gasteiger charge is 2.24. The Balaban J connectivity index is 1.49. The van der Waals surface area contributed by atoms with Crippen LogP contribution in [0.5, 0.6) is 5.75 Å². The number of piperazine rings is 1. The first-order valence-corrected chi connectivity index (χ1v) is 9.10. The van der Waals surface area contributed by atoms with Gasteiger partial charge in [0.25, 0.3) is 0 Å². The second-order valence-electron chi connectivity index (χ2n) is 6.86. The Kier molecular flexibility index (Phi) is 6.26. The van der Waals surface area contributed by atoms with Gasteiger partial charge >= 0.3 is 0 Å². The third kappa shape index (κ3) is 5.07. The zero-order valence-corrected chi connectivity index (χ0v) is 15.3. The summed E-state index contributed by atoms with van der Waals surface area (Å²) in [5.74, 6) is 0.860. The zero-order chi connectivity index (χ0) is 18.4. The van der Waals surface area contributed by atoms with E-state index < -0.39 is 6.04 Å². The summed E-state index contributed by atoms with van der Waals surface area (Å²) in [6.45, 7) is 3.88. The van der Waals surface area contributed by atoms with Gasteiger partial charge in [-0.3, -0.25) is 4.79 Å². The van der Waals surface area contributed by atoms with E-state index >= 15 is 0 Å². The van der Waals surface area contributed by atoms with Crippen molar-refractivity contribution in [2.24, 2.45) is 5.73 Å². The van der Waals surface area contributed by atoms with Gasteiger partial charge in [0.15, 0.2) is 0 Å². The van der Waals surface area contributed by atoms with Crippen LogP contribution in [0.4, 0.5) is 0 Å². The molecule has 5 heteroatoms. The summed E-state index contributed by atoms with van der Waals surface area (Å²) < 4.78 is 5.79. The third-order valence-corrected chi connectivity index (χ3v) is 4.76. The van der Waals surface area contributed by atoms with Crippen molar-refractivity contribution in [1.82, 2.24) is 9.80 Å². The lowest BCUT2D eigenvalue weighted by Crippen LogP contribution is -2.52. The fourth-order valence-electron chi connectivity index (χ4n) is 3.07. The van der Waals surface area contributed by atoms with Gasteiger partial charge in [0.1, 0.15) is 12.4 Å². The minimum Gasteiger partial charge on any atom is -0.489 e. The van der Waals surface area contributed by atoms with Crippen LogP contribution in [0.2, 0.25) is 0 Å². The summed E-state index contributed by atoms with van der Waals surface area (Å²) in [7, 11) is 2.07. The molecule has 2 N–H and O–H groups in total. The third-order valence-electron chi connectivity index (χ3n) is 4.76. The molecule has 3 rings (SSSR count). The van der Waals surface area contributed by atoms with Crippen molar-refractivity contribution in [2.75, 3.05) is 33.2 Å². The number of carbonyl (C=O) groups excluding carboxylic acids is 1. The van der Waals surface area contributed by atoms with Crippen LogP contribution in [-0.2, 0) is 17.8 Å². The number of nitrogens with two attached hydrogens (primary N) is 1. The van der Waals surface area contributed by atoms with Gasteiger partial charge in [-0.2, -0.15) is 0 Å². The Labute approximate surface area is 155 Å². The number of hydrogen-bond donors (Lipinski definition) is 1. The van der Waals surface area contributed by atoms with Gasteiger partial charge in [0, 0.05) is 26.2 Å². The average molecular weight is 353 g/mol. The Morgan fingerprint density at radius 3 is 2.31 bits per heavy atom. The molecule has 1 fully saturated rings. The van der Waals surface area contributed by atoms with Crippen LogP contribution < -0.4 is 10.5 Å². The van der Waals surface area contributed by atoms with E-state index in [1.165, 1.54) is 0 Å². The van der Waals surface area contributed by atoms with Gasteiger partial charge in [-0.15, -0.1) is 0 Å². The molecular weight excluding hydrogens is 326 g/mol. The van der Waals surface area contributed by atoms with Crippen LogP contribution in [0.1, 0.15) is 11.1 Å². The zero-order valence-electron chi connectivity index (χ0n) is 15.3. The number of ether oxygens (including phenoxy) is 1. The van der Waals surface area contributed by atoms with E-state index in [4.69, 9.17) is 10.5 Å². The van der Waals surface area contributed by atoms with Crippen LogP contribution in [0.15, 0.2) is 54.6 Å². The highest BCUT2D eigenvalue weighted by atomic mass is 16.5. The molecule has 2 aromatic carbocycles.